The lowest BCUT2D eigenvalue weighted by atomic mass is 10.4. The third kappa shape index (κ3) is 3.56. The Morgan fingerprint density at radius 3 is 2.73 bits per heavy atom. The highest BCUT2D eigenvalue weighted by Gasteiger charge is 2.39. The van der Waals surface area contributed by atoms with Gasteiger partial charge in [-0.2, -0.15) is 13.2 Å². The standard InChI is InChI=1S/C7H8F3N3OS/c8-7(9,10)4(3-11)15-6-12-2-1-5(14)13-6/h1-2,4H,3,11H2,(H,12,13,14). The number of nitrogens with two attached hydrogens (primary N) is 1. The third-order valence-corrected chi connectivity index (χ3v) is 2.66. The minimum Gasteiger partial charge on any atom is -0.329 e. The lowest BCUT2D eigenvalue weighted by molar-refractivity contribution is -0.126. The molecule has 1 rings (SSSR count). The Balaban J connectivity index is 2.80. The van der Waals surface area contributed by atoms with E-state index < -0.39 is 23.5 Å². The van der Waals surface area contributed by atoms with Crippen LogP contribution in [-0.4, -0.2) is 27.9 Å². The van der Waals surface area contributed by atoms with Gasteiger partial charge < -0.3 is 10.7 Å². The predicted molar refractivity (Wildman–Crippen MR) is 49.6 cm³/mol. The molecule has 0 aliphatic rings. The smallest absolute Gasteiger partial charge is 0.329 e. The van der Waals surface area contributed by atoms with E-state index in [0.717, 1.165) is 12.3 Å². The van der Waals surface area contributed by atoms with Crippen molar-refractivity contribution < 1.29 is 13.2 Å². The highest BCUT2D eigenvalue weighted by atomic mass is 32.2. The van der Waals surface area contributed by atoms with Crippen molar-refractivity contribution in [2.45, 2.75) is 16.6 Å². The van der Waals surface area contributed by atoms with Gasteiger partial charge in [0.15, 0.2) is 5.16 Å². The van der Waals surface area contributed by atoms with Crippen molar-refractivity contribution in [3.05, 3.63) is 22.6 Å². The van der Waals surface area contributed by atoms with Crippen LogP contribution in [0.1, 0.15) is 0 Å². The first-order chi connectivity index (χ1) is 6.93. The van der Waals surface area contributed by atoms with Crippen LogP contribution in [0.15, 0.2) is 22.2 Å². The van der Waals surface area contributed by atoms with E-state index in [9.17, 15) is 18.0 Å². The van der Waals surface area contributed by atoms with Gasteiger partial charge in [0.2, 0.25) is 0 Å². The van der Waals surface area contributed by atoms with E-state index in [1.807, 2.05) is 0 Å². The van der Waals surface area contributed by atoms with Crippen LogP contribution in [0, 0.1) is 0 Å². The minimum atomic E-state index is -4.41. The molecule has 1 aromatic rings. The molecule has 0 aliphatic carbocycles. The number of hydrogen-bond donors (Lipinski definition) is 2. The predicted octanol–water partition coefficient (Wildman–Crippen LogP) is 0.752. The van der Waals surface area contributed by atoms with Gasteiger partial charge in [-0.05, 0) is 0 Å². The second kappa shape index (κ2) is 4.67. The van der Waals surface area contributed by atoms with Crippen molar-refractivity contribution >= 4 is 11.8 Å². The van der Waals surface area contributed by atoms with Gasteiger partial charge in [-0.1, -0.05) is 11.8 Å². The molecule has 1 heterocycles. The fraction of sp³-hybridized carbons (Fsp3) is 0.429. The van der Waals surface area contributed by atoms with Gasteiger partial charge in [0.25, 0.3) is 5.56 Å². The van der Waals surface area contributed by atoms with Crippen molar-refractivity contribution in [3.8, 4) is 0 Å². The van der Waals surface area contributed by atoms with Crippen LogP contribution in [-0.2, 0) is 0 Å². The Morgan fingerprint density at radius 1 is 1.60 bits per heavy atom. The van der Waals surface area contributed by atoms with Gasteiger partial charge in [0.1, 0.15) is 5.25 Å². The van der Waals surface area contributed by atoms with E-state index in [0.29, 0.717) is 11.8 Å². The van der Waals surface area contributed by atoms with E-state index in [1.165, 1.54) is 0 Å². The van der Waals surface area contributed by atoms with Crippen molar-refractivity contribution in [3.63, 3.8) is 0 Å². The molecule has 0 bridgehead atoms. The molecule has 0 saturated carbocycles. The van der Waals surface area contributed by atoms with Gasteiger partial charge in [-0.3, -0.25) is 4.79 Å². The molecule has 84 valence electrons. The van der Waals surface area contributed by atoms with Crippen molar-refractivity contribution in [1.29, 1.82) is 0 Å². The van der Waals surface area contributed by atoms with E-state index in [2.05, 4.69) is 9.97 Å². The van der Waals surface area contributed by atoms with Crippen LogP contribution in [0.3, 0.4) is 0 Å². The van der Waals surface area contributed by atoms with Crippen molar-refractivity contribution in [2.75, 3.05) is 6.54 Å². The third-order valence-electron chi connectivity index (χ3n) is 1.48. The molecule has 8 heteroatoms. The van der Waals surface area contributed by atoms with E-state index in [1.54, 1.807) is 0 Å². The van der Waals surface area contributed by atoms with Gasteiger partial charge in [-0.15, -0.1) is 0 Å². The average molecular weight is 239 g/mol. The van der Waals surface area contributed by atoms with Crippen LogP contribution in [0.4, 0.5) is 13.2 Å². The van der Waals surface area contributed by atoms with Crippen molar-refractivity contribution in [1.82, 2.24) is 9.97 Å². The first-order valence-electron chi connectivity index (χ1n) is 3.92. The number of hydrogen-bond acceptors (Lipinski definition) is 4. The number of nitrogens with zero attached hydrogens (tertiary/aromatic N) is 1. The fourth-order valence-electron chi connectivity index (χ4n) is 0.795. The molecule has 0 aromatic carbocycles. The maximum absolute atomic E-state index is 12.3. The summed E-state index contributed by atoms with van der Waals surface area (Å²) in [6, 6.07) is 1.12. The number of aromatic nitrogens is 2. The molecular weight excluding hydrogens is 231 g/mol. The summed E-state index contributed by atoms with van der Waals surface area (Å²) in [4.78, 5) is 16.6. The molecule has 0 aliphatic heterocycles. The number of rotatable bonds is 3. The second-order valence-electron chi connectivity index (χ2n) is 2.62. The second-order valence-corrected chi connectivity index (χ2v) is 3.81. The SMILES string of the molecule is NCC(Sc1nccc(=O)[nH]1)C(F)(F)F. The molecule has 1 atom stereocenters. The largest absolute Gasteiger partial charge is 0.402 e. The molecule has 0 radical (unpaired) electrons. The monoisotopic (exact) mass is 239 g/mol. The highest BCUT2D eigenvalue weighted by molar-refractivity contribution is 7.99. The molecule has 0 spiro atoms. The first kappa shape index (κ1) is 12.1. The van der Waals surface area contributed by atoms with Gasteiger partial charge in [0.05, 0.1) is 0 Å². The number of aromatic amines is 1. The minimum absolute atomic E-state index is 0.0877. The Hall–Kier alpha value is -1.02. The zero-order valence-corrected chi connectivity index (χ0v) is 8.23. The van der Waals surface area contributed by atoms with Crippen LogP contribution in [0.25, 0.3) is 0 Å². The Labute approximate surface area is 87.1 Å². The first-order valence-corrected chi connectivity index (χ1v) is 4.80. The molecule has 1 unspecified atom stereocenters. The van der Waals surface area contributed by atoms with Crippen LogP contribution in [0.2, 0.25) is 0 Å². The number of H-pyrrole nitrogens is 1. The number of alkyl halides is 3. The highest BCUT2D eigenvalue weighted by Crippen LogP contribution is 2.32. The summed E-state index contributed by atoms with van der Waals surface area (Å²) in [5, 5.41) is -1.85. The average Bonchev–Trinajstić information content (AvgIpc) is 2.12. The summed E-state index contributed by atoms with van der Waals surface area (Å²) in [6.07, 6.45) is -3.26. The van der Waals surface area contributed by atoms with E-state index in [4.69, 9.17) is 5.73 Å². The number of thioether (sulfide) groups is 1. The zero-order chi connectivity index (χ0) is 11.5. The lowest BCUT2D eigenvalue weighted by Gasteiger charge is -2.16. The van der Waals surface area contributed by atoms with Crippen LogP contribution < -0.4 is 11.3 Å². The summed E-state index contributed by atoms with van der Waals surface area (Å²) < 4.78 is 36.9. The maximum atomic E-state index is 12.3. The summed E-state index contributed by atoms with van der Waals surface area (Å²) >= 11 is 0.393. The molecular formula is C7H8F3N3OS. The zero-order valence-electron chi connectivity index (χ0n) is 7.41. The van der Waals surface area contributed by atoms with E-state index in [-0.39, 0.29) is 5.16 Å². The number of halogens is 3. The lowest BCUT2D eigenvalue weighted by Crippen LogP contribution is -2.33. The van der Waals surface area contributed by atoms with Gasteiger partial charge >= 0.3 is 6.18 Å². The molecule has 0 saturated heterocycles. The summed E-state index contributed by atoms with van der Waals surface area (Å²) in [6.45, 7) is -0.563. The molecule has 15 heavy (non-hydrogen) atoms. The Kier molecular flexibility index (Phi) is 3.75. The normalized spacial score (nSPS) is 13.9. The molecule has 0 fully saturated rings. The van der Waals surface area contributed by atoms with Crippen LogP contribution in [0.5, 0.6) is 0 Å². The summed E-state index contributed by atoms with van der Waals surface area (Å²) in [7, 11) is 0. The molecule has 4 nitrogen and oxygen atoms in total. The molecule has 3 N–H and O–H groups in total. The Morgan fingerprint density at radius 2 is 2.27 bits per heavy atom. The summed E-state index contributed by atoms with van der Waals surface area (Å²) in [5.41, 5.74) is 4.49. The molecule has 1 aromatic heterocycles. The molecule has 0 amide bonds. The van der Waals surface area contributed by atoms with Crippen LogP contribution >= 0.6 is 11.8 Å². The van der Waals surface area contributed by atoms with Gasteiger partial charge in [0, 0.05) is 18.8 Å². The van der Waals surface area contributed by atoms with Crippen molar-refractivity contribution in [2.24, 2.45) is 5.73 Å². The maximum Gasteiger partial charge on any atom is 0.402 e. The quantitative estimate of drug-likeness (QED) is 0.603. The Bertz CT molecular complexity index is 378. The summed E-state index contributed by atoms with van der Waals surface area (Å²) in [5.74, 6) is 0. The number of nitrogens with one attached hydrogen (secondary N) is 1. The van der Waals surface area contributed by atoms with Gasteiger partial charge in [-0.25, -0.2) is 4.98 Å². The van der Waals surface area contributed by atoms with E-state index >= 15 is 0 Å². The fourth-order valence-corrected chi connectivity index (χ4v) is 1.58. The topological polar surface area (TPSA) is 71.8 Å².